The Hall–Kier alpha value is -0.770. The minimum absolute atomic E-state index is 0.235. The van der Waals surface area contributed by atoms with Gasteiger partial charge in [0.05, 0.1) is 10.1 Å². The fraction of sp³-hybridized carbons (Fsp3) is 0.214. The fourth-order valence-electron chi connectivity index (χ4n) is 1.49. The van der Waals surface area contributed by atoms with Crippen LogP contribution in [0.3, 0.4) is 0 Å². The number of ketones is 1. The molecule has 0 radical (unpaired) electrons. The zero-order valence-corrected chi connectivity index (χ0v) is 12.4. The van der Waals surface area contributed by atoms with Gasteiger partial charge in [-0.15, -0.1) is 23.1 Å². The van der Waals surface area contributed by atoms with E-state index >= 15 is 0 Å². The molecule has 1 aromatic carbocycles. The Balaban J connectivity index is 1.83. The van der Waals surface area contributed by atoms with Crippen LogP contribution in [0.15, 0.2) is 41.3 Å². The molecule has 2 aromatic rings. The Morgan fingerprint density at radius 2 is 1.94 bits per heavy atom. The number of aryl methyl sites for hydroxylation is 1. The quantitative estimate of drug-likeness (QED) is 0.749. The lowest BCUT2D eigenvalue weighted by molar-refractivity contribution is -0.115. The molecule has 0 aliphatic carbocycles. The summed E-state index contributed by atoms with van der Waals surface area (Å²) in [4.78, 5) is 14.0. The van der Waals surface area contributed by atoms with Crippen LogP contribution < -0.4 is 0 Å². The normalized spacial score (nSPS) is 10.6. The Kier molecular flexibility index (Phi) is 4.87. The smallest absolute Gasteiger partial charge is 0.148 e. The zero-order chi connectivity index (χ0) is 13.0. The highest BCUT2D eigenvalue weighted by atomic mass is 35.5. The van der Waals surface area contributed by atoms with Crippen LogP contribution in [0.2, 0.25) is 4.34 Å². The molecule has 0 aliphatic heterocycles. The van der Waals surface area contributed by atoms with Crippen molar-refractivity contribution in [2.45, 2.75) is 18.2 Å². The molecule has 1 heterocycles. The summed E-state index contributed by atoms with van der Waals surface area (Å²) in [5, 5.41) is 0. The lowest BCUT2D eigenvalue weighted by atomic mass is 10.2. The predicted molar refractivity (Wildman–Crippen MR) is 79.9 cm³/mol. The van der Waals surface area contributed by atoms with E-state index in [0.717, 1.165) is 14.1 Å². The summed E-state index contributed by atoms with van der Waals surface area (Å²) in [6, 6.07) is 12.0. The van der Waals surface area contributed by atoms with Gasteiger partial charge in [-0.1, -0.05) is 29.3 Å². The van der Waals surface area contributed by atoms with Crippen LogP contribution in [-0.2, 0) is 11.2 Å². The van der Waals surface area contributed by atoms with Crippen molar-refractivity contribution in [3.05, 3.63) is 51.2 Å². The summed E-state index contributed by atoms with van der Waals surface area (Å²) < 4.78 is 0.740. The first-order valence-corrected chi connectivity index (χ1v) is 7.77. The van der Waals surface area contributed by atoms with Crippen LogP contribution in [0.4, 0.5) is 0 Å². The fourth-order valence-corrected chi connectivity index (χ4v) is 3.36. The van der Waals surface area contributed by atoms with Gasteiger partial charge in [0.25, 0.3) is 0 Å². The van der Waals surface area contributed by atoms with Crippen molar-refractivity contribution in [2.75, 3.05) is 5.75 Å². The van der Waals surface area contributed by atoms with E-state index in [-0.39, 0.29) is 5.78 Å². The summed E-state index contributed by atoms with van der Waals surface area (Å²) in [7, 11) is 0. The molecule has 0 saturated carbocycles. The third-order valence-corrected chi connectivity index (χ3v) is 4.72. The van der Waals surface area contributed by atoms with Gasteiger partial charge in [-0.2, -0.15) is 0 Å². The van der Waals surface area contributed by atoms with E-state index in [1.165, 1.54) is 16.9 Å². The van der Waals surface area contributed by atoms with Gasteiger partial charge in [-0.05, 0) is 31.2 Å². The molecular formula is C14H13ClOS2. The van der Waals surface area contributed by atoms with E-state index in [4.69, 9.17) is 11.6 Å². The van der Waals surface area contributed by atoms with Gasteiger partial charge in [0.2, 0.25) is 0 Å². The Labute approximate surface area is 120 Å². The van der Waals surface area contributed by atoms with Gasteiger partial charge >= 0.3 is 0 Å². The van der Waals surface area contributed by atoms with Crippen LogP contribution in [0.1, 0.15) is 10.4 Å². The van der Waals surface area contributed by atoms with E-state index in [2.05, 4.69) is 31.2 Å². The Morgan fingerprint density at radius 1 is 1.22 bits per heavy atom. The van der Waals surface area contributed by atoms with Gasteiger partial charge in [0, 0.05) is 16.2 Å². The molecule has 2 rings (SSSR count). The number of benzene rings is 1. The first kappa shape index (κ1) is 13.7. The number of thioether (sulfide) groups is 1. The molecule has 0 fully saturated rings. The number of hydrogen-bond acceptors (Lipinski definition) is 3. The summed E-state index contributed by atoms with van der Waals surface area (Å²) in [5.74, 6) is 0.748. The van der Waals surface area contributed by atoms with Gasteiger partial charge in [-0.25, -0.2) is 0 Å². The molecule has 0 saturated heterocycles. The van der Waals surface area contributed by atoms with Gasteiger partial charge in [0.1, 0.15) is 5.78 Å². The largest absolute Gasteiger partial charge is 0.298 e. The van der Waals surface area contributed by atoms with Crippen molar-refractivity contribution in [3.63, 3.8) is 0 Å². The second kappa shape index (κ2) is 6.41. The van der Waals surface area contributed by atoms with Crippen LogP contribution in [0, 0.1) is 6.92 Å². The Morgan fingerprint density at radius 3 is 2.56 bits per heavy atom. The first-order valence-electron chi connectivity index (χ1n) is 5.59. The minimum Gasteiger partial charge on any atom is -0.298 e. The SMILES string of the molecule is Cc1ccc(SCC(=O)Cc2ccc(Cl)s2)cc1. The second-order valence-electron chi connectivity index (χ2n) is 4.02. The number of hydrogen-bond donors (Lipinski definition) is 0. The van der Waals surface area contributed by atoms with Gasteiger partial charge < -0.3 is 0 Å². The lowest BCUT2D eigenvalue weighted by Crippen LogP contribution is -2.04. The van der Waals surface area contributed by atoms with E-state index in [1.807, 2.05) is 12.1 Å². The molecular weight excluding hydrogens is 284 g/mol. The standard InChI is InChI=1S/C14H13ClOS2/c1-10-2-4-12(5-3-10)17-9-11(16)8-13-6-7-14(15)18-13/h2-7H,8-9H2,1H3. The summed E-state index contributed by atoms with van der Waals surface area (Å²) in [6.45, 7) is 2.06. The number of rotatable bonds is 5. The monoisotopic (exact) mass is 296 g/mol. The minimum atomic E-state index is 0.235. The van der Waals surface area contributed by atoms with Crippen molar-refractivity contribution in [1.82, 2.24) is 0 Å². The number of carbonyl (C=O) groups is 1. The number of halogens is 1. The van der Waals surface area contributed by atoms with Crippen molar-refractivity contribution in [1.29, 1.82) is 0 Å². The average molecular weight is 297 g/mol. The molecule has 0 N–H and O–H groups in total. The highest BCUT2D eigenvalue weighted by molar-refractivity contribution is 8.00. The van der Waals surface area contributed by atoms with Crippen molar-refractivity contribution >= 4 is 40.5 Å². The Bertz CT molecular complexity index is 531. The number of thiophene rings is 1. The number of carbonyl (C=O) groups excluding carboxylic acids is 1. The average Bonchev–Trinajstić information content (AvgIpc) is 2.74. The molecule has 0 unspecified atom stereocenters. The summed E-state index contributed by atoms with van der Waals surface area (Å²) >= 11 is 8.89. The molecule has 0 aliphatic rings. The molecule has 0 bridgehead atoms. The highest BCUT2D eigenvalue weighted by Crippen LogP contribution is 2.23. The maximum absolute atomic E-state index is 11.8. The van der Waals surface area contributed by atoms with E-state index < -0.39 is 0 Å². The van der Waals surface area contributed by atoms with Crippen molar-refractivity contribution in [3.8, 4) is 0 Å². The maximum Gasteiger partial charge on any atom is 0.148 e. The summed E-state index contributed by atoms with van der Waals surface area (Å²) in [5.41, 5.74) is 1.24. The maximum atomic E-state index is 11.8. The topological polar surface area (TPSA) is 17.1 Å². The van der Waals surface area contributed by atoms with E-state index in [9.17, 15) is 4.79 Å². The van der Waals surface area contributed by atoms with Crippen LogP contribution >= 0.6 is 34.7 Å². The number of Topliss-reactive ketones (excluding diaryl/α,β-unsaturated/α-hetero) is 1. The van der Waals surface area contributed by atoms with Crippen LogP contribution in [0.25, 0.3) is 0 Å². The molecule has 94 valence electrons. The second-order valence-corrected chi connectivity index (χ2v) is 6.87. The lowest BCUT2D eigenvalue weighted by Gasteiger charge is -2.01. The van der Waals surface area contributed by atoms with Gasteiger partial charge in [-0.3, -0.25) is 4.79 Å². The molecule has 0 atom stereocenters. The van der Waals surface area contributed by atoms with Crippen LogP contribution in [0.5, 0.6) is 0 Å². The first-order chi connectivity index (χ1) is 8.63. The van der Waals surface area contributed by atoms with Crippen LogP contribution in [-0.4, -0.2) is 11.5 Å². The van der Waals surface area contributed by atoms with Crippen molar-refractivity contribution < 1.29 is 4.79 Å². The molecule has 0 amide bonds. The third kappa shape index (κ3) is 4.16. The van der Waals surface area contributed by atoms with Crippen molar-refractivity contribution in [2.24, 2.45) is 0 Å². The van der Waals surface area contributed by atoms with E-state index in [0.29, 0.717) is 12.2 Å². The summed E-state index contributed by atoms with van der Waals surface area (Å²) in [6.07, 6.45) is 0.482. The van der Waals surface area contributed by atoms with E-state index in [1.54, 1.807) is 11.8 Å². The molecule has 4 heteroatoms. The molecule has 18 heavy (non-hydrogen) atoms. The third-order valence-electron chi connectivity index (χ3n) is 2.42. The molecule has 0 spiro atoms. The molecule has 1 nitrogen and oxygen atoms in total. The zero-order valence-electron chi connectivity index (χ0n) is 9.98. The predicted octanol–water partition coefficient (Wildman–Crippen LogP) is 4.61. The molecule has 1 aromatic heterocycles. The highest BCUT2D eigenvalue weighted by Gasteiger charge is 2.07. The van der Waals surface area contributed by atoms with Gasteiger partial charge in [0.15, 0.2) is 0 Å².